The second-order valence-corrected chi connectivity index (χ2v) is 6.53. The standard InChI is InChI=1S/C19H16BrN3O2/c1-13-9-15(20)7-8-16(13)22-18(24)11-23-12-21-17(10-19(23)25)14-5-3-2-4-6-14/h2-10,12H,11H2,1H3,(H,22,24). The first-order valence-electron chi connectivity index (χ1n) is 7.71. The van der Waals surface area contributed by atoms with E-state index in [9.17, 15) is 9.59 Å². The van der Waals surface area contributed by atoms with Crippen molar-refractivity contribution < 1.29 is 4.79 Å². The van der Waals surface area contributed by atoms with Crippen molar-refractivity contribution in [1.29, 1.82) is 0 Å². The molecule has 0 saturated heterocycles. The normalized spacial score (nSPS) is 10.5. The van der Waals surface area contributed by atoms with Gasteiger partial charge >= 0.3 is 0 Å². The van der Waals surface area contributed by atoms with Crippen molar-refractivity contribution >= 4 is 27.5 Å². The third-order valence-corrected chi connectivity index (χ3v) is 4.22. The summed E-state index contributed by atoms with van der Waals surface area (Å²) in [5.74, 6) is -0.276. The van der Waals surface area contributed by atoms with Crippen LogP contribution < -0.4 is 10.9 Å². The quantitative estimate of drug-likeness (QED) is 0.730. The predicted molar refractivity (Wildman–Crippen MR) is 101 cm³/mol. The molecule has 1 N–H and O–H groups in total. The molecule has 0 aliphatic heterocycles. The van der Waals surface area contributed by atoms with Crippen LogP contribution in [0.4, 0.5) is 5.69 Å². The first-order chi connectivity index (χ1) is 12.0. The number of nitrogens with one attached hydrogen (secondary N) is 1. The minimum absolute atomic E-state index is 0.0869. The summed E-state index contributed by atoms with van der Waals surface area (Å²) in [6.45, 7) is 1.82. The maximum absolute atomic E-state index is 12.2. The summed E-state index contributed by atoms with van der Waals surface area (Å²) in [6, 6.07) is 16.5. The average Bonchev–Trinajstić information content (AvgIpc) is 2.60. The van der Waals surface area contributed by atoms with Crippen LogP contribution in [0, 0.1) is 6.92 Å². The maximum atomic E-state index is 12.2. The van der Waals surface area contributed by atoms with Gasteiger partial charge in [0.15, 0.2) is 0 Å². The molecule has 0 radical (unpaired) electrons. The molecular formula is C19H16BrN3O2. The minimum atomic E-state index is -0.276. The van der Waals surface area contributed by atoms with E-state index in [-0.39, 0.29) is 18.0 Å². The first kappa shape index (κ1) is 17.1. The van der Waals surface area contributed by atoms with E-state index in [1.807, 2.05) is 55.5 Å². The van der Waals surface area contributed by atoms with E-state index in [2.05, 4.69) is 26.2 Å². The molecule has 6 heteroatoms. The van der Waals surface area contributed by atoms with Gasteiger partial charge in [-0.1, -0.05) is 46.3 Å². The van der Waals surface area contributed by atoms with Gasteiger partial charge in [-0.05, 0) is 30.7 Å². The smallest absolute Gasteiger partial charge is 0.254 e. The Balaban J connectivity index is 1.74. The van der Waals surface area contributed by atoms with Crippen LogP contribution in [0.15, 0.2) is 70.2 Å². The molecule has 0 bridgehead atoms. The number of anilines is 1. The summed E-state index contributed by atoms with van der Waals surface area (Å²) in [5, 5.41) is 2.81. The molecule has 3 aromatic rings. The summed E-state index contributed by atoms with van der Waals surface area (Å²) in [5.41, 5.74) is 2.84. The van der Waals surface area contributed by atoms with E-state index in [1.54, 1.807) is 0 Å². The fourth-order valence-electron chi connectivity index (χ4n) is 2.42. The highest BCUT2D eigenvalue weighted by atomic mass is 79.9. The van der Waals surface area contributed by atoms with E-state index in [0.717, 1.165) is 21.3 Å². The number of carbonyl (C=O) groups is 1. The number of halogens is 1. The fourth-order valence-corrected chi connectivity index (χ4v) is 2.90. The van der Waals surface area contributed by atoms with Crippen LogP contribution in [0.2, 0.25) is 0 Å². The van der Waals surface area contributed by atoms with Crippen LogP contribution in [0.3, 0.4) is 0 Å². The van der Waals surface area contributed by atoms with E-state index in [1.165, 1.54) is 17.0 Å². The Hall–Kier alpha value is -2.73. The highest BCUT2D eigenvalue weighted by Gasteiger charge is 2.09. The van der Waals surface area contributed by atoms with Gasteiger partial charge in [0.25, 0.3) is 5.56 Å². The SMILES string of the molecule is Cc1cc(Br)ccc1NC(=O)Cn1cnc(-c2ccccc2)cc1=O. The summed E-state index contributed by atoms with van der Waals surface area (Å²) in [4.78, 5) is 28.7. The molecule has 1 heterocycles. The highest BCUT2D eigenvalue weighted by molar-refractivity contribution is 9.10. The van der Waals surface area contributed by atoms with Gasteiger partial charge in [-0.25, -0.2) is 4.98 Å². The Morgan fingerprint density at radius 1 is 1.16 bits per heavy atom. The average molecular weight is 398 g/mol. The molecular weight excluding hydrogens is 382 g/mol. The molecule has 5 nitrogen and oxygen atoms in total. The van der Waals surface area contributed by atoms with E-state index < -0.39 is 0 Å². The number of benzene rings is 2. The van der Waals surface area contributed by atoms with Gasteiger partial charge in [0.05, 0.1) is 12.0 Å². The number of amides is 1. The zero-order valence-corrected chi connectivity index (χ0v) is 15.2. The predicted octanol–water partition coefficient (Wildman–Crippen LogP) is 3.62. The fraction of sp³-hybridized carbons (Fsp3) is 0.105. The zero-order chi connectivity index (χ0) is 17.8. The summed E-state index contributed by atoms with van der Waals surface area (Å²) in [7, 11) is 0. The molecule has 0 saturated carbocycles. The molecule has 0 aliphatic rings. The van der Waals surface area contributed by atoms with Crippen molar-refractivity contribution in [2.24, 2.45) is 0 Å². The molecule has 0 aliphatic carbocycles. The number of rotatable bonds is 4. The van der Waals surface area contributed by atoms with Crippen molar-refractivity contribution in [3.05, 3.63) is 81.3 Å². The van der Waals surface area contributed by atoms with Crippen LogP contribution in [0.5, 0.6) is 0 Å². The Morgan fingerprint density at radius 3 is 2.60 bits per heavy atom. The lowest BCUT2D eigenvalue weighted by molar-refractivity contribution is -0.116. The molecule has 0 fully saturated rings. The Labute approximate surface area is 153 Å². The van der Waals surface area contributed by atoms with Crippen LogP contribution in [0.1, 0.15) is 5.56 Å². The molecule has 1 amide bonds. The molecule has 0 spiro atoms. The van der Waals surface area contributed by atoms with Gasteiger partial charge in [-0.2, -0.15) is 0 Å². The summed E-state index contributed by atoms with van der Waals surface area (Å²) < 4.78 is 2.23. The second-order valence-electron chi connectivity index (χ2n) is 5.61. The van der Waals surface area contributed by atoms with Crippen molar-refractivity contribution in [3.63, 3.8) is 0 Å². The first-order valence-corrected chi connectivity index (χ1v) is 8.50. The zero-order valence-electron chi connectivity index (χ0n) is 13.6. The second kappa shape index (κ2) is 7.44. The number of carbonyl (C=O) groups excluding carboxylic acids is 1. The third kappa shape index (κ3) is 4.22. The van der Waals surface area contributed by atoms with Gasteiger partial charge in [-0.3, -0.25) is 14.2 Å². The van der Waals surface area contributed by atoms with E-state index >= 15 is 0 Å². The lowest BCUT2D eigenvalue weighted by Gasteiger charge is -2.10. The van der Waals surface area contributed by atoms with E-state index in [0.29, 0.717) is 5.69 Å². The van der Waals surface area contributed by atoms with Crippen molar-refractivity contribution in [2.45, 2.75) is 13.5 Å². The monoisotopic (exact) mass is 397 g/mol. The summed E-state index contributed by atoms with van der Waals surface area (Å²) in [6.07, 6.45) is 1.40. The Morgan fingerprint density at radius 2 is 1.92 bits per heavy atom. The summed E-state index contributed by atoms with van der Waals surface area (Å²) >= 11 is 3.39. The van der Waals surface area contributed by atoms with Crippen molar-refractivity contribution in [1.82, 2.24) is 9.55 Å². The van der Waals surface area contributed by atoms with Crippen molar-refractivity contribution in [2.75, 3.05) is 5.32 Å². The number of hydrogen-bond acceptors (Lipinski definition) is 3. The van der Waals surface area contributed by atoms with Gasteiger partial charge in [0.1, 0.15) is 6.54 Å². The molecule has 2 aromatic carbocycles. The largest absolute Gasteiger partial charge is 0.324 e. The molecule has 3 rings (SSSR count). The molecule has 1 aromatic heterocycles. The van der Waals surface area contributed by atoms with Crippen LogP contribution >= 0.6 is 15.9 Å². The number of aromatic nitrogens is 2. The molecule has 25 heavy (non-hydrogen) atoms. The number of hydrogen-bond donors (Lipinski definition) is 1. The molecule has 0 unspecified atom stereocenters. The third-order valence-electron chi connectivity index (χ3n) is 3.73. The lowest BCUT2D eigenvalue weighted by atomic mass is 10.1. The van der Waals surface area contributed by atoms with Gasteiger partial charge in [-0.15, -0.1) is 0 Å². The van der Waals surface area contributed by atoms with E-state index in [4.69, 9.17) is 0 Å². The maximum Gasteiger partial charge on any atom is 0.254 e. The number of nitrogens with zero attached hydrogens (tertiary/aromatic N) is 2. The Kier molecular flexibility index (Phi) is 5.09. The van der Waals surface area contributed by atoms with Gasteiger partial charge < -0.3 is 5.32 Å². The number of aryl methyl sites for hydroxylation is 1. The topological polar surface area (TPSA) is 64.0 Å². The Bertz CT molecular complexity index is 968. The van der Waals surface area contributed by atoms with Crippen molar-refractivity contribution in [3.8, 4) is 11.3 Å². The molecule has 126 valence electrons. The lowest BCUT2D eigenvalue weighted by Crippen LogP contribution is -2.27. The minimum Gasteiger partial charge on any atom is -0.324 e. The van der Waals surface area contributed by atoms with Gasteiger partial charge in [0, 0.05) is 21.8 Å². The van der Waals surface area contributed by atoms with Crippen LogP contribution in [0.25, 0.3) is 11.3 Å². The molecule has 0 atom stereocenters. The van der Waals surface area contributed by atoms with Crippen LogP contribution in [-0.2, 0) is 11.3 Å². The highest BCUT2D eigenvalue weighted by Crippen LogP contribution is 2.20. The van der Waals surface area contributed by atoms with Gasteiger partial charge in [0.2, 0.25) is 5.91 Å². The van der Waals surface area contributed by atoms with Crippen LogP contribution in [-0.4, -0.2) is 15.5 Å².